The van der Waals surface area contributed by atoms with Crippen molar-refractivity contribution in [2.24, 2.45) is 10.8 Å². The molecule has 0 radical (unpaired) electrons. The molecule has 0 aliphatic carbocycles. The molecule has 0 aliphatic heterocycles. The molecule has 1 atom stereocenters. The molecule has 2 aromatic rings. The van der Waals surface area contributed by atoms with Crippen LogP contribution in [-0.2, 0) is 30.3 Å². The van der Waals surface area contributed by atoms with Crippen LogP contribution in [0.5, 0.6) is 0 Å². The lowest BCUT2D eigenvalue weighted by Gasteiger charge is -2.40. The van der Waals surface area contributed by atoms with Crippen LogP contribution in [0.25, 0.3) is 0 Å². The van der Waals surface area contributed by atoms with Crippen molar-refractivity contribution in [3.8, 4) is 0 Å². The summed E-state index contributed by atoms with van der Waals surface area (Å²) >= 11 is 0. The number of unbranched alkanes of at least 4 members (excludes halogenated alkanes) is 2. The zero-order valence-electron chi connectivity index (χ0n) is 25.3. The molecule has 224 valence electrons. The van der Waals surface area contributed by atoms with Gasteiger partial charge in [-0.15, -0.1) is 0 Å². The Balaban J connectivity index is 1.81. The number of carboxylic acid groups (broad SMARTS) is 1. The molecule has 0 fully saturated rings. The number of ether oxygens (including phenoxy) is 1. The molecule has 0 heterocycles. The Bertz CT molecular complexity index is 1100. The topological polar surface area (TPSA) is 97.7 Å². The van der Waals surface area contributed by atoms with Gasteiger partial charge in [0, 0.05) is 38.5 Å². The van der Waals surface area contributed by atoms with E-state index in [1.54, 1.807) is 0 Å². The first-order valence-corrected chi connectivity index (χ1v) is 15.0. The number of Topliss-reactive ketones (excluding diaryl/α,β-unsaturated/α-hetero) is 2. The van der Waals surface area contributed by atoms with Gasteiger partial charge in [-0.1, -0.05) is 80.9 Å². The predicted molar refractivity (Wildman–Crippen MR) is 161 cm³/mol. The van der Waals surface area contributed by atoms with Crippen molar-refractivity contribution in [3.05, 3.63) is 71.8 Å². The number of ketones is 2. The van der Waals surface area contributed by atoms with Gasteiger partial charge in [-0.2, -0.15) is 0 Å². The fourth-order valence-corrected chi connectivity index (χ4v) is 4.82. The second-order valence-corrected chi connectivity index (χ2v) is 12.2. The van der Waals surface area contributed by atoms with Crippen molar-refractivity contribution in [1.29, 1.82) is 0 Å². The lowest BCUT2D eigenvalue weighted by molar-refractivity contribution is -0.167. The first kappa shape index (κ1) is 33.9. The lowest BCUT2D eigenvalue weighted by Crippen LogP contribution is -2.41. The highest BCUT2D eigenvalue weighted by molar-refractivity contribution is 5.81. The van der Waals surface area contributed by atoms with E-state index in [2.05, 4.69) is 13.8 Å². The molecular weight excluding hydrogens is 516 g/mol. The summed E-state index contributed by atoms with van der Waals surface area (Å²) in [6.07, 6.45) is 5.94. The largest absolute Gasteiger partial charge is 0.481 e. The number of benzene rings is 2. The van der Waals surface area contributed by atoms with E-state index in [1.165, 1.54) is 0 Å². The smallest absolute Gasteiger partial charge is 0.312 e. The van der Waals surface area contributed by atoms with E-state index in [0.29, 0.717) is 64.2 Å². The number of aliphatic carboxylic acids is 1. The minimum Gasteiger partial charge on any atom is -0.481 e. The van der Waals surface area contributed by atoms with E-state index in [0.717, 1.165) is 17.5 Å². The fraction of sp³-hybridized carbons (Fsp3) is 0.543. The predicted octanol–water partition coefficient (Wildman–Crippen LogP) is 8.08. The number of hydrogen-bond acceptors (Lipinski definition) is 5. The molecule has 2 aromatic carbocycles. The molecule has 0 amide bonds. The molecule has 1 unspecified atom stereocenters. The summed E-state index contributed by atoms with van der Waals surface area (Å²) in [5.41, 5.74) is 0.897. The third kappa shape index (κ3) is 12.0. The van der Waals surface area contributed by atoms with Crippen molar-refractivity contribution in [2.75, 3.05) is 0 Å². The number of rotatable bonds is 20. The molecule has 0 aliphatic rings. The normalized spacial score (nSPS) is 12.5. The van der Waals surface area contributed by atoms with Crippen LogP contribution in [0.4, 0.5) is 0 Å². The second-order valence-electron chi connectivity index (χ2n) is 12.2. The van der Waals surface area contributed by atoms with Gasteiger partial charge in [0.15, 0.2) is 0 Å². The SMILES string of the molecule is CC(C)(CCCC(=O)CCCC(=O)CCCCCC(=O)O)C(C)(C)C(=O)OC(Cc1ccccc1)c1ccccc1. The highest BCUT2D eigenvalue weighted by atomic mass is 16.5. The Kier molecular flexibility index (Phi) is 13.9. The highest BCUT2D eigenvalue weighted by Crippen LogP contribution is 2.44. The van der Waals surface area contributed by atoms with Crippen LogP contribution in [0, 0.1) is 10.8 Å². The molecule has 6 nitrogen and oxygen atoms in total. The molecule has 0 aromatic heterocycles. The van der Waals surface area contributed by atoms with Gasteiger partial charge < -0.3 is 9.84 Å². The lowest BCUT2D eigenvalue weighted by atomic mass is 9.65. The van der Waals surface area contributed by atoms with Crippen molar-refractivity contribution in [3.63, 3.8) is 0 Å². The van der Waals surface area contributed by atoms with Crippen LogP contribution in [0.2, 0.25) is 0 Å². The first-order valence-electron chi connectivity index (χ1n) is 15.0. The summed E-state index contributed by atoms with van der Waals surface area (Å²) in [5.74, 6) is -0.782. The van der Waals surface area contributed by atoms with Crippen LogP contribution < -0.4 is 0 Å². The van der Waals surface area contributed by atoms with Gasteiger partial charge in [0.05, 0.1) is 5.41 Å². The van der Waals surface area contributed by atoms with E-state index in [9.17, 15) is 19.2 Å². The van der Waals surface area contributed by atoms with Crippen LogP contribution in [-0.4, -0.2) is 28.6 Å². The summed E-state index contributed by atoms with van der Waals surface area (Å²) in [5, 5.41) is 8.66. The van der Waals surface area contributed by atoms with E-state index in [4.69, 9.17) is 9.84 Å². The Morgan fingerprint density at radius 1 is 0.683 bits per heavy atom. The minimum absolute atomic E-state index is 0.135. The maximum absolute atomic E-state index is 13.6. The number of carbonyl (C=O) groups is 4. The fourth-order valence-electron chi connectivity index (χ4n) is 4.82. The summed E-state index contributed by atoms with van der Waals surface area (Å²) in [4.78, 5) is 48.6. The summed E-state index contributed by atoms with van der Waals surface area (Å²) in [6, 6.07) is 19.8. The Morgan fingerprint density at radius 2 is 1.20 bits per heavy atom. The van der Waals surface area contributed by atoms with Crippen LogP contribution in [0.3, 0.4) is 0 Å². The Morgan fingerprint density at radius 3 is 1.78 bits per heavy atom. The van der Waals surface area contributed by atoms with Crippen molar-refractivity contribution < 1.29 is 29.0 Å². The van der Waals surface area contributed by atoms with Gasteiger partial charge in [0.2, 0.25) is 0 Å². The first-order chi connectivity index (χ1) is 19.4. The maximum Gasteiger partial charge on any atom is 0.312 e. The van der Waals surface area contributed by atoms with Crippen molar-refractivity contribution in [2.45, 2.75) is 111 Å². The van der Waals surface area contributed by atoms with E-state index < -0.39 is 22.9 Å². The quantitative estimate of drug-likeness (QED) is 0.129. The van der Waals surface area contributed by atoms with Crippen molar-refractivity contribution in [1.82, 2.24) is 0 Å². The molecular formula is C35H48O6. The van der Waals surface area contributed by atoms with Crippen molar-refractivity contribution >= 4 is 23.5 Å². The molecule has 6 heteroatoms. The van der Waals surface area contributed by atoms with Gasteiger partial charge in [0.1, 0.15) is 17.7 Å². The summed E-state index contributed by atoms with van der Waals surface area (Å²) in [7, 11) is 0. The third-order valence-electron chi connectivity index (χ3n) is 8.40. The van der Waals surface area contributed by atoms with Crippen LogP contribution >= 0.6 is 0 Å². The van der Waals surface area contributed by atoms with Gasteiger partial charge in [0.25, 0.3) is 0 Å². The molecule has 0 bridgehead atoms. The zero-order valence-corrected chi connectivity index (χ0v) is 25.3. The van der Waals surface area contributed by atoms with E-state index in [-0.39, 0.29) is 24.0 Å². The van der Waals surface area contributed by atoms with E-state index >= 15 is 0 Å². The molecule has 0 saturated carbocycles. The second kappa shape index (κ2) is 16.9. The molecule has 0 saturated heterocycles. The highest BCUT2D eigenvalue weighted by Gasteiger charge is 2.44. The van der Waals surface area contributed by atoms with Gasteiger partial charge in [-0.3, -0.25) is 19.2 Å². The van der Waals surface area contributed by atoms with Gasteiger partial charge >= 0.3 is 11.9 Å². The van der Waals surface area contributed by atoms with E-state index in [1.807, 2.05) is 74.5 Å². The zero-order chi connectivity index (χ0) is 30.3. The van der Waals surface area contributed by atoms with Crippen LogP contribution in [0.1, 0.15) is 116 Å². The summed E-state index contributed by atoms with van der Waals surface area (Å²) in [6.45, 7) is 7.97. The van der Waals surface area contributed by atoms with Gasteiger partial charge in [-0.05, 0) is 62.5 Å². The maximum atomic E-state index is 13.6. The average molecular weight is 565 g/mol. The molecule has 1 N–H and O–H groups in total. The third-order valence-corrected chi connectivity index (χ3v) is 8.40. The Hall–Kier alpha value is -3.28. The van der Waals surface area contributed by atoms with Gasteiger partial charge in [-0.25, -0.2) is 0 Å². The minimum atomic E-state index is -0.808. The summed E-state index contributed by atoms with van der Waals surface area (Å²) < 4.78 is 6.18. The Labute approximate surface area is 245 Å². The standard InChI is InChI=1S/C35H48O6/c1-34(2,25-15-23-30(37)22-14-21-29(36)20-12-7-13-24-32(38)39)35(3,4)33(40)41-31(28-18-10-6-11-19-28)26-27-16-8-5-9-17-27/h5-6,8-11,16-19,31H,7,12-15,20-26H2,1-4H3,(H,38,39). The molecule has 2 rings (SSSR count). The number of carbonyl (C=O) groups excluding carboxylic acids is 3. The monoisotopic (exact) mass is 564 g/mol. The number of carboxylic acids is 1. The molecule has 41 heavy (non-hydrogen) atoms. The average Bonchev–Trinajstić information content (AvgIpc) is 2.93. The van der Waals surface area contributed by atoms with Crippen LogP contribution in [0.15, 0.2) is 60.7 Å². The number of hydrogen-bond donors (Lipinski definition) is 1. The molecule has 0 spiro atoms. The number of esters is 1.